The highest BCUT2D eigenvalue weighted by Crippen LogP contribution is 2.31. The predicted octanol–water partition coefficient (Wildman–Crippen LogP) is 4.52. The molecule has 0 bridgehead atoms. The molecule has 0 unspecified atom stereocenters. The highest BCUT2D eigenvalue weighted by molar-refractivity contribution is 9.10. The summed E-state index contributed by atoms with van der Waals surface area (Å²) in [6.45, 7) is 5.89. The fraction of sp³-hybridized carbons (Fsp3) is 0.357. The highest BCUT2D eigenvalue weighted by atomic mass is 79.9. The molecule has 0 atom stereocenters. The Morgan fingerprint density at radius 2 is 2.21 bits per heavy atom. The van der Waals surface area contributed by atoms with Crippen molar-refractivity contribution in [3.8, 4) is 10.6 Å². The molecular formula is C14H16BrFN2S. The molecule has 0 saturated carbocycles. The van der Waals surface area contributed by atoms with Gasteiger partial charge >= 0.3 is 0 Å². The van der Waals surface area contributed by atoms with Crippen molar-refractivity contribution in [2.45, 2.75) is 26.8 Å². The van der Waals surface area contributed by atoms with E-state index in [1.807, 2.05) is 13.0 Å². The van der Waals surface area contributed by atoms with Crippen molar-refractivity contribution in [3.05, 3.63) is 39.1 Å². The van der Waals surface area contributed by atoms with Gasteiger partial charge in [-0.25, -0.2) is 9.37 Å². The molecule has 0 aliphatic heterocycles. The number of halogens is 2. The Balaban J connectivity index is 2.23. The topological polar surface area (TPSA) is 24.9 Å². The van der Waals surface area contributed by atoms with E-state index in [4.69, 9.17) is 0 Å². The maximum Gasteiger partial charge on any atom is 0.134 e. The summed E-state index contributed by atoms with van der Waals surface area (Å²) in [5.74, 6) is -0.240. The van der Waals surface area contributed by atoms with Crippen LogP contribution in [-0.4, -0.2) is 11.5 Å². The van der Waals surface area contributed by atoms with Crippen molar-refractivity contribution in [1.29, 1.82) is 0 Å². The molecule has 102 valence electrons. The molecule has 2 aromatic rings. The number of rotatable bonds is 5. The van der Waals surface area contributed by atoms with Gasteiger partial charge in [0.1, 0.15) is 10.8 Å². The van der Waals surface area contributed by atoms with Crippen LogP contribution in [0.4, 0.5) is 4.39 Å². The molecule has 0 aliphatic carbocycles. The lowest BCUT2D eigenvalue weighted by molar-refractivity contribution is 0.630. The zero-order chi connectivity index (χ0) is 13.8. The second-order valence-corrected chi connectivity index (χ2v) is 6.33. The minimum Gasteiger partial charge on any atom is -0.312 e. The van der Waals surface area contributed by atoms with Crippen LogP contribution in [0.15, 0.2) is 22.7 Å². The maximum atomic E-state index is 13.9. The summed E-state index contributed by atoms with van der Waals surface area (Å²) >= 11 is 4.82. The molecule has 0 saturated heterocycles. The van der Waals surface area contributed by atoms with Gasteiger partial charge in [0, 0.05) is 21.5 Å². The van der Waals surface area contributed by atoms with Crippen LogP contribution >= 0.6 is 27.3 Å². The third kappa shape index (κ3) is 3.61. The first-order chi connectivity index (χ1) is 9.11. The van der Waals surface area contributed by atoms with Gasteiger partial charge in [0.05, 0.1) is 5.69 Å². The highest BCUT2D eigenvalue weighted by Gasteiger charge is 2.12. The number of hydrogen-bond acceptors (Lipinski definition) is 3. The Hall–Kier alpha value is -0.780. The SMILES string of the molecule is CCCNCc1sc(-c2ccc(Br)cc2F)nc1C. The Morgan fingerprint density at radius 1 is 1.42 bits per heavy atom. The molecule has 1 aromatic carbocycles. The van der Waals surface area contributed by atoms with E-state index in [0.717, 1.165) is 34.7 Å². The first-order valence-electron chi connectivity index (χ1n) is 6.24. The second kappa shape index (κ2) is 6.59. The van der Waals surface area contributed by atoms with Gasteiger partial charge in [0.2, 0.25) is 0 Å². The van der Waals surface area contributed by atoms with Crippen LogP contribution in [0.3, 0.4) is 0 Å². The monoisotopic (exact) mass is 342 g/mol. The molecule has 1 N–H and O–H groups in total. The zero-order valence-electron chi connectivity index (χ0n) is 11.0. The molecule has 2 rings (SSSR count). The summed E-state index contributed by atoms with van der Waals surface area (Å²) < 4.78 is 14.6. The molecule has 5 heteroatoms. The molecule has 2 nitrogen and oxygen atoms in total. The lowest BCUT2D eigenvalue weighted by Crippen LogP contribution is -2.13. The third-order valence-electron chi connectivity index (χ3n) is 2.77. The van der Waals surface area contributed by atoms with Gasteiger partial charge in [-0.05, 0) is 38.1 Å². The number of aromatic nitrogens is 1. The minimum absolute atomic E-state index is 0.240. The van der Waals surface area contributed by atoms with Crippen molar-refractivity contribution in [1.82, 2.24) is 10.3 Å². The van der Waals surface area contributed by atoms with E-state index in [2.05, 4.69) is 33.2 Å². The summed E-state index contributed by atoms with van der Waals surface area (Å²) in [4.78, 5) is 5.65. The van der Waals surface area contributed by atoms with Crippen molar-refractivity contribution >= 4 is 27.3 Å². The maximum absolute atomic E-state index is 13.9. The van der Waals surface area contributed by atoms with Gasteiger partial charge in [-0.3, -0.25) is 0 Å². The van der Waals surface area contributed by atoms with E-state index in [1.165, 1.54) is 10.9 Å². The van der Waals surface area contributed by atoms with E-state index in [9.17, 15) is 4.39 Å². The number of thiazole rings is 1. The predicted molar refractivity (Wildman–Crippen MR) is 81.9 cm³/mol. The van der Waals surface area contributed by atoms with Gasteiger partial charge < -0.3 is 5.32 Å². The van der Waals surface area contributed by atoms with Crippen molar-refractivity contribution in [2.24, 2.45) is 0 Å². The van der Waals surface area contributed by atoms with Gasteiger partial charge in [-0.1, -0.05) is 22.9 Å². The largest absolute Gasteiger partial charge is 0.312 e. The molecule has 0 amide bonds. The molecule has 1 aromatic heterocycles. The fourth-order valence-corrected chi connectivity index (χ4v) is 3.14. The first kappa shape index (κ1) is 14.6. The van der Waals surface area contributed by atoms with E-state index >= 15 is 0 Å². The van der Waals surface area contributed by atoms with Gasteiger partial charge in [0.15, 0.2) is 0 Å². The number of aryl methyl sites for hydroxylation is 1. The average Bonchev–Trinajstić information content (AvgIpc) is 2.71. The van der Waals surface area contributed by atoms with Crippen LogP contribution in [0.5, 0.6) is 0 Å². The summed E-state index contributed by atoms with van der Waals surface area (Å²) in [6, 6.07) is 5.08. The van der Waals surface area contributed by atoms with Gasteiger partial charge in [-0.2, -0.15) is 0 Å². The number of hydrogen-bond donors (Lipinski definition) is 1. The third-order valence-corrected chi connectivity index (χ3v) is 4.45. The molecule has 19 heavy (non-hydrogen) atoms. The normalized spacial score (nSPS) is 10.9. The summed E-state index contributed by atoms with van der Waals surface area (Å²) in [6.07, 6.45) is 1.10. The Kier molecular flexibility index (Phi) is 5.07. The average molecular weight is 343 g/mol. The van der Waals surface area contributed by atoms with Crippen molar-refractivity contribution in [2.75, 3.05) is 6.54 Å². The van der Waals surface area contributed by atoms with Crippen LogP contribution in [0.25, 0.3) is 10.6 Å². The standard InChI is InChI=1S/C14H16BrFN2S/c1-3-6-17-8-13-9(2)18-14(19-13)11-5-4-10(15)7-12(11)16/h4-5,7,17H,3,6,8H2,1-2H3. The van der Waals surface area contributed by atoms with Crippen LogP contribution in [0, 0.1) is 12.7 Å². The molecule has 0 spiro atoms. The first-order valence-corrected chi connectivity index (χ1v) is 7.85. The summed E-state index contributed by atoms with van der Waals surface area (Å²) in [5.41, 5.74) is 1.55. The molecule has 0 radical (unpaired) electrons. The molecule has 0 aliphatic rings. The summed E-state index contributed by atoms with van der Waals surface area (Å²) in [7, 11) is 0. The van der Waals surface area contributed by atoms with Crippen LogP contribution in [0.1, 0.15) is 23.9 Å². The van der Waals surface area contributed by atoms with E-state index in [1.54, 1.807) is 17.4 Å². The molecule has 0 fully saturated rings. The smallest absolute Gasteiger partial charge is 0.134 e. The van der Waals surface area contributed by atoms with Gasteiger partial charge in [0.25, 0.3) is 0 Å². The lowest BCUT2D eigenvalue weighted by Gasteiger charge is -2.00. The van der Waals surface area contributed by atoms with Crippen molar-refractivity contribution in [3.63, 3.8) is 0 Å². The lowest BCUT2D eigenvalue weighted by atomic mass is 10.2. The Labute approximate surface area is 125 Å². The Bertz CT molecular complexity index is 569. The summed E-state index contributed by atoms with van der Waals surface area (Å²) in [5, 5.41) is 4.10. The molecule has 1 heterocycles. The van der Waals surface area contributed by atoms with Crippen LogP contribution < -0.4 is 5.32 Å². The number of nitrogens with zero attached hydrogens (tertiary/aromatic N) is 1. The second-order valence-electron chi connectivity index (χ2n) is 4.33. The quantitative estimate of drug-likeness (QED) is 0.808. The fourth-order valence-electron chi connectivity index (χ4n) is 1.75. The van der Waals surface area contributed by atoms with Crippen LogP contribution in [-0.2, 0) is 6.54 Å². The number of nitrogens with one attached hydrogen (secondary N) is 1. The molecular weight excluding hydrogens is 327 g/mol. The van der Waals surface area contributed by atoms with E-state index < -0.39 is 0 Å². The number of benzene rings is 1. The minimum atomic E-state index is -0.240. The van der Waals surface area contributed by atoms with E-state index in [0.29, 0.717) is 5.56 Å². The Morgan fingerprint density at radius 3 is 2.89 bits per heavy atom. The van der Waals surface area contributed by atoms with Gasteiger partial charge in [-0.15, -0.1) is 11.3 Å². The van der Waals surface area contributed by atoms with Crippen LogP contribution in [0.2, 0.25) is 0 Å². The van der Waals surface area contributed by atoms with Crippen molar-refractivity contribution < 1.29 is 4.39 Å². The zero-order valence-corrected chi connectivity index (χ0v) is 13.4. The van der Waals surface area contributed by atoms with E-state index in [-0.39, 0.29) is 5.82 Å².